The zero-order chi connectivity index (χ0) is 17.2. The molecule has 0 saturated heterocycles. The van der Waals surface area contributed by atoms with Crippen LogP contribution < -0.4 is 4.74 Å². The number of nitrogens with zero attached hydrogens (tertiary/aromatic N) is 2. The van der Waals surface area contributed by atoms with Crippen molar-refractivity contribution in [1.29, 1.82) is 5.41 Å². The van der Waals surface area contributed by atoms with Gasteiger partial charge in [0.15, 0.2) is 0 Å². The fraction of sp³-hybridized carbons (Fsp3) is 0.250. The molecule has 0 amide bonds. The van der Waals surface area contributed by atoms with E-state index < -0.39 is 0 Å². The van der Waals surface area contributed by atoms with E-state index in [0.29, 0.717) is 5.89 Å². The van der Waals surface area contributed by atoms with E-state index in [0.717, 1.165) is 53.3 Å². The summed E-state index contributed by atoms with van der Waals surface area (Å²) in [6.45, 7) is 0. The maximum atomic E-state index is 7.59. The quantitative estimate of drug-likeness (QED) is 0.732. The highest BCUT2D eigenvalue weighted by Gasteiger charge is 2.27. The van der Waals surface area contributed by atoms with Crippen molar-refractivity contribution in [3.05, 3.63) is 65.3 Å². The number of nitrogens with one attached hydrogen (secondary N) is 1. The van der Waals surface area contributed by atoms with Gasteiger partial charge in [0.1, 0.15) is 11.5 Å². The number of fused-ring (bicyclic) bond motifs is 1. The Hall–Kier alpha value is -2.95. The number of rotatable bonds is 4. The second kappa shape index (κ2) is 6.51. The fourth-order valence-corrected chi connectivity index (χ4v) is 3.36. The Kier molecular flexibility index (Phi) is 4.06. The van der Waals surface area contributed by atoms with Gasteiger partial charge in [-0.15, -0.1) is 0 Å². The molecule has 3 aromatic rings. The van der Waals surface area contributed by atoms with Gasteiger partial charge in [-0.3, -0.25) is 4.98 Å². The van der Waals surface area contributed by atoms with Crippen LogP contribution in [0.5, 0.6) is 5.75 Å². The summed E-state index contributed by atoms with van der Waals surface area (Å²) in [6, 6.07) is 11.5. The molecular weight excluding hydrogens is 314 g/mol. The normalized spacial score (nSPS) is 16.3. The van der Waals surface area contributed by atoms with Crippen molar-refractivity contribution in [1.82, 2.24) is 9.97 Å². The second-order valence-electron chi connectivity index (χ2n) is 6.18. The lowest BCUT2D eigenvalue weighted by molar-refractivity contribution is 0.414. The summed E-state index contributed by atoms with van der Waals surface area (Å²) < 4.78 is 11.2. The van der Waals surface area contributed by atoms with Gasteiger partial charge in [-0.25, -0.2) is 4.98 Å². The van der Waals surface area contributed by atoms with Gasteiger partial charge in [0, 0.05) is 42.3 Å². The summed E-state index contributed by atoms with van der Waals surface area (Å²) in [6.07, 6.45) is 5.78. The summed E-state index contributed by atoms with van der Waals surface area (Å²) in [5, 5.41) is 7.59. The van der Waals surface area contributed by atoms with Gasteiger partial charge in [-0.05, 0) is 36.8 Å². The molecule has 4 rings (SSSR count). The predicted molar refractivity (Wildman–Crippen MR) is 95.4 cm³/mol. The van der Waals surface area contributed by atoms with Crippen LogP contribution in [0.3, 0.4) is 0 Å². The predicted octanol–water partition coefficient (Wildman–Crippen LogP) is 4.02. The first kappa shape index (κ1) is 15.6. The molecule has 126 valence electrons. The van der Waals surface area contributed by atoms with Gasteiger partial charge in [0.2, 0.25) is 5.89 Å². The Morgan fingerprint density at radius 1 is 1.24 bits per heavy atom. The van der Waals surface area contributed by atoms with E-state index in [2.05, 4.69) is 4.98 Å². The molecule has 1 N–H and O–H groups in total. The van der Waals surface area contributed by atoms with Crippen molar-refractivity contribution in [2.45, 2.75) is 25.2 Å². The Bertz CT molecular complexity index is 900. The molecule has 1 unspecified atom stereocenters. The number of aryl methyl sites for hydroxylation is 1. The number of aromatic nitrogens is 2. The first-order chi connectivity index (χ1) is 12.3. The third-order valence-corrected chi connectivity index (χ3v) is 4.69. The minimum absolute atomic E-state index is 0.277. The first-order valence-corrected chi connectivity index (χ1v) is 8.37. The second-order valence-corrected chi connectivity index (χ2v) is 6.18. The number of benzene rings is 1. The molecule has 0 fully saturated rings. The largest absolute Gasteiger partial charge is 0.497 e. The van der Waals surface area contributed by atoms with Gasteiger partial charge < -0.3 is 14.6 Å². The average molecular weight is 333 g/mol. The smallest absolute Gasteiger partial charge is 0.226 e. The van der Waals surface area contributed by atoms with Crippen LogP contribution in [0.1, 0.15) is 35.1 Å². The van der Waals surface area contributed by atoms with Crippen LogP contribution in [0, 0.1) is 5.41 Å². The average Bonchev–Trinajstić information content (AvgIpc) is 3.11. The SMILES string of the molecule is COc1ccc(-c2nc3c(o2)CCC(c2ncccc2C=N)C3)cc1. The van der Waals surface area contributed by atoms with Crippen molar-refractivity contribution >= 4 is 6.21 Å². The first-order valence-electron chi connectivity index (χ1n) is 8.37. The summed E-state index contributed by atoms with van der Waals surface area (Å²) in [5.74, 6) is 2.71. The monoisotopic (exact) mass is 333 g/mol. The zero-order valence-electron chi connectivity index (χ0n) is 14.0. The van der Waals surface area contributed by atoms with E-state index in [9.17, 15) is 0 Å². The molecule has 25 heavy (non-hydrogen) atoms. The number of hydrogen-bond donors (Lipinski definition) is 1. The van der Waals surface area contributed by atoms with Crippen molar-refractivity contribution in [2.24, 2.45) is 0 Å². The lowest BCUT2D eigenvalue weighted by Crippen LogP contribution is -2.15. The Labute approximate surface area is 146 Å². The van der Waals surface area contributed by atoms with Crippen LogP contribution in [-0.2, 0) is 12.8 Å². The van der Waals surface area contributed by atoms with Gasteiger partial charge in [-0.1, -0.05) is 6.07 Å². The van der Waals surface area contributed by atoms with Gasteiger partial charge in [-0.2, -0.15) is 0 Å². The molecule has 0 saturated carbocycles. The van der Waals surface area contributed by atoms with E-state index in [1.165, 1.54) is 6.21 Å². The highest BCUT2D eigenvalue weighted by molar-refractivity contribution is 5.78. The van der Waals surface area contributed by atoms with E-state index in [4.69, 9.17) is 19.5 Å². The molecule has 1 atom stereocenters. The number of pyridine rings is 1. The molecule has 0 radical (unpaired) electrons. The third-order valence-electron chi connectivity index (χ3n) is 4.69. The summed E-state index contributed by atoms with van der Waals surface area (Å²) in [5.41, 5.74) is 3.82. The number of methoxy groups -OCH3 is 1. The highest BCUT2D eigenvalue weighted by Crippen LogP contribution is 2.35. The van der Waals surface area contributed by atoms with Gasteiger partial charge in [0.25, 0.3) is 0 Å². The molecule has 5 nitrogen and oxygen atoms in total. The molecular formula is C20H19N3O2. The van der Waals surface area contributed by atoms with Gasteiger partial charge >= 0.3 is 0 Å². The third kappa shape index (κ3) is 2.93. The minimum Gasteiger partial charge on any atom is -0.497 e. The highest BCUT2D eigenvalue weighted by atomic mass is 16.5. The Morgan fingerprint density at radius 2 is 2.08 bits per heavy atom. The summed E-state index contributed by atoms with van der Waals surface area (Å²) >= 11 is 0. The number of hydrogen-bond acceptors (Lipinski definition) is 5. The molecule has 1 aliphatic rings. The maximum Gasteiger partial charge on any atom is 0.226 e. The summed E-state index contributed by atoms with van der Waals surface area (Å²) in [4.78, 5) is 9.22. The standard InChI is InChI=1S/C20H19N3O2/c1-24-16-7-4-13(5-8-16)20-23-17-11-14(6-9-18(17)25-20)19-15(12-21)3-2-10-22-19/h2-5,7-8,10,12,14,21H,6,9,11H2,1H3. The number of ether oxygens (including phenoxy) is 1. The van der Waals surface area contributed by atoms with E-state index in [1.54, 1.807) is 13.3 Å². The van der Waals surface area contributed by atoms with Crippen molar-refractivity contribution in [3.63, 3.8) is 0 Å². The van der Waals surface area contributed by atoms with E-state index in [1.807, 2.05) is 36.4 Å². The van der Waals surface area contributed by atoms with Crippen molar-refractivity contribution < 1.29 is 9.15 Å². The topological polar surface area (TPSA) is 72.0 Å². The molecule has 2 heterocycles. The maximum absolute atomic E-state index is 7.59. The van der Waals surface area contributed by atoms with Gasteiger partial charge in [0.05, 0.1) is 18.5 Å². The van der Waals surface area contributed by atoms with Crippen LogP contribution in [0.4, 0.5) is 0 Å². The molecule has 1 aromatic carbocycles. The van der Waals surface area contributed by atoms with E-state index >= 15 is 0 Å². The number of oxazole rings is 1. The lowest BCUT2D eigenvalue weighted by atomic mass is 9.86. The van der Waals surface area contributed by atoms with Crippen molar-refractivity contribution in [3.8, 4) is 17.2 Å². The van der Waals surface area contributed by atoms with Crippen LogP contribution in [0.2, 0.25) is 0 Å². The van der Waals surface area contributed by atoms with Crippen molar-refractivity contribution in [2.75, 3.05) is 7.11 Å². The Morgan fingerprint density at radius 3 is 2.84 bits per heavy atom. The zero-order valence-corrected chi connectivity index (χ0v) is 14.0. The molecule has 1 aliphatic carbocycles. The molecule has 2 aromatic heterocycles. The van der Waals surface area contributed by atoms with Crippen LogP contribution in [-0.4, -0.2) is 23.3 Å². The Balaban J connectivity index is 1.61. The molecule has 0 aliphatic heterocycles. The fourth-order valence-electron chi connectivity index (χ4n) is 3.36. The lowest BCUT2D eigenvalue weighted by Gasteiger charge is -2.20. The minimum atomic E-state index is 0.277. The molecule has 5 heteroatoms. The molecule has 0 spiro atoms. The van der Waals surface area contributed by atoms with Crippen LogP contribution in [0.15, 0.2) is 47.0 Å². The van der Waals surface area contributed by atoms with Crippen LogP contribution in [0.25, 0.3) is 11.5 Å². The van der Waals surface area contributed by atoms with E-state index in [-0.39, 0.29) is 5.92 Å². The summed E-state index contributed by atoms with van der Waals surface area (Å²) in [7, 11) is 1.65. The van der Waals surface area contributed by atoms with Crippen LogP contribution >= 0.6 is 0 Å². The molecule has 0 bridgehead atoms.